The largest absolute Gasteiger partial charge is 0.810 e. The molecule has 0 aliphatic carbocycles. The summed E-state index contributed by atoms with van der Waals surface area (Å²) >= 11 is 0. The highest BCUT2D eigenvalue weighted by atomic mass is 31.1. The summed E-state index contributed by atoms with van der Waals surface area (Å²) < 4.78 is 5.15. The molecule has 1 aromatic rings. The Morgan fingerprint density at radius 3 is 2.56 bits per heavy atom. The van der Waals surface area contributed by atoms with E-state index in [1.165, 1.54) is 6.92 Å². The zero-order valence-electron chi connectivity index (χ0n) is 9.27. The first-order chi connectivity index (χ1) is 7.65. The van der Waals surface area contributed by atoms with E-state index >= 15 is 0 Å². The van der Waals surface area contributed by atoms with Crippen molar-refractivity contribution in [2.24, 2.45) is 0 Å². The Morgan fingerprint density at radius 1 is 1.44 bits per heavy atom. The van der Waals surface area contributed by atoms with Gasteiger partial charge in [-0.05, 0) is 12.5 Å². The van der Waals surface area contributed by atoms with Gasteiger partial charge in [0.05, 0.1) is 6.04 Å². The highest BCUT2D eigenvalue weighted by molar-refractivity contribution is 7.23. The van der Waals surface area contributed by atoms with E-state index in [0.29, 0.717) is 0 Å². The quantitative estimate of drug-likeness (QED) is 0.785. The van der Waals surface area contributed by atoms with Crippen LogP contribution in [0.15, 0.2) is 30.3 Å². The first-order valence-corrected chi connectivity index (χ1v) is 5.81. The van der Waals surface area contributed by atoms with Crippen LogP contribution in [0.25, 0.3) is 0 Å². The molecule has 1 unspecified atom stereocenters. The number of hydrogen-bond donors (Lipinski definition) is 1. The van der Waals surface area contributed by atoms with E-state index in [1.54, 1.807) is 0 Å². The normalized spacial score (nSPS) is 14.9. The number of amides is 1. The van der Waals surface area contributed by atoms with E-state index in [1.807, 2.05) is 37.3 Å². The molecule has 3 atom stereocenters. The van der Waals surface area contributed by atoms with Crippen molar-refractivity contribution in [1.82, 2.24) is 5.32 Å². The predicted molar refractivity (Wildman–Crippen MR) is 61.9 cm³/mol. The minimum atomic E-state index is -0.848. The molecule has 5 heteroatoms. The molecule has 1 N–H and O–H groups in total. The number of hydrogen-bond acceptors (Lipinski definition) is 3. The van der Waals surface area contributed by atoms with Crippen molar-refractivity contribution in [3.05, 3.63) is 35.9 Å². The van der Waals surface area contributed by atoms with Crippen molar-refractivity contribution in [1.29, 1.82) is 0 Å². The summed E-state index contributed by atoms with van der Waals surface area (Å²) in [5, 5.41) is 2.73. The fourth-order valence-electron chi connectivity index (χ4n) is 1.55. The third-order valence-electron chi connectivity index (χ3n) is 2.19. The molecule has 0 spiro atoms. The van der Waals surface area contributed by atoms with E-state index in [-0.39, 0.29) is 18.1 Å². The SMILES string of the molecule is CC(=O)N[C@@H](C)[C@@H](OP[O-])c1ccccc1. The molecule has 1 rings (SSSR count). The molecular formula is C11H15NO3P-. The van der Waals surface area contributed by atoms with Crippen molar-refractivity contribution >= 4 is 14.9 Å². The van der Waals surface area contributed by atoms with Gasteiger partial charge < -0.3 is 14.7 Å². The molecule has 0 heterocycles. The summed E-state index contributed by atoms with van der Waals surface area (Å²) in [7, 11) is -0.848. The summed E-state index contributed by atoms with van der Waals surface area (Å²) in [6.07, 6.45) is -0.388. The average molecular weight is 240 g/mol. The van der Waals surface area contributed by atoms with Crippen LogP contribution in [0.1, 0.15) is 25.5 Å². The van der Waals surface area contributed by atoms with Crippen LogP contribution in [0.4, 0.5) is 0 Å². The molecule has 0 saturated carbocycles. The van der Waals surface area contributed by atoms with Gasteiger partial charge in [0.25, 0.3) is 0 Å². The van der Waals surface area contributed by atoms with Gasteiger partial charge in [-0.15, -0.1) is 0 Å². The van der Waals surface area contributed by atoms with Crippen LogP contribution in [0.5, 0.6) is 0 Å². The Morgan fingerprint density at radius 2 is 2.06 bits per heavy atom. The minimum absolute atomic E-state index is 0.133. The van der Waals surface area contributed by atoms with Crippen LogP contribution >= 0.6 is 9.03 Å². The van der Waals surface area contributed by atoms with E-state index in [2.05, 4.69) is 5.32 Å². The topological polar surface area (TPSA) is 61.4 Å². The zero-order chi connectivity index (χ0) is 12.0. The van der Waals surface area contributed by atoms with E-state index < -0.39 is 9.03 Å². The third-order valence-corrected chi connectivity index (χ3v) is 2.54. The molecule has 0 saturated heterocycles. The molecule has 0 aliphatic rings. The number of nitrogens with one attached hydrogen (secondary N) is 1. The summed E-state index contributed by atoms with van der Waals surface area (Å²) in [4.78, 5) is 21.5. The van der Waals surface area contributed by atoms with Gasteiger partial charge in [-0.2, -0.15) is 0 Å². The smallest absolute Gasteiger partial charge is 0.217 e. The molecule has 88 valence electrons. The Kier molecular flexibility index (Phi) is 5.39. The molecule has 0 radical (unpaired) electrons. The highest BCUT2D eigenvalue weighted by Gasteiger charge is 2.19. The predicted octanol–water partition coefficient (Wildman–Crippen LogP) is 1.14. The van der Waals surface area contributed by atoms with Gasteiger partial charge in [0, 0.05) is 6.92 Å². The van der Waals surface area contributed by atoms with Crippen molar-refractivity contribution < 1.29 is 14.2 Å². The molecule has 16 heavy (non-hydrogen) atoms. The highest BCUT2D eigenvalue weighted by Crippen LogP contribution is 2.25. The molecule has 0 fully saturated rings. The first-order valence-electron chi connectivity index (χ1n) is 5.00. The molecule has 4 nitrogen and oxygen atoms in total. The summed E-state index contributed by atoms with van der Waals surface area (Å²) in [6, 6.07) is 9.18. The second kappa shape index (κ2) is 6.59. The second-order valence-corrected chi connectivity index (χ2v) is 3.92. The lowest BCUT2D eigenvalue weighted by Gasteiger charge is -2.26. The molecular weight excluding hydrogens is 225 g/mol. The Bertz CT molecular complexity index is 331. The fraction of sp³-hybridized carbons (Fsp3) is 0.364. The van der Waals surface area contributed by atoms with Crippen molar-refractivity contribution in [3.8, 4) is 0 Å². The molecule has 0 bridgehead atoms. The number of carbonyl (C=O) groups excluding carboxylic acids is 1. The third kappa shape index (κ3) is 3.89. The summed E-state index contributed by atoms with van der Waals surface area (Å²) in [5.41, 5.74) is 0.895. The van der Waals surface area contributed by atoms with E-state index in [4.69, 9.17) is 4.52 Å². The standard InChI is InChI=1S/C11H15NO3P/c1-8(12-9(2)13)11(15-16-14)10-6-4-3-5-7-10/h3-8,11,16H,1-2H3,(H,12,13)/q-1/t8-,11+/m0/s1. The first kappa shape index (κ1) is 13.1. The average Bonchev–Trinajstić information content (AvgIpc) is 2.26. The van der Waals surface area contributed by atoms with Crippen LogP contribution in [0.3, 0.4) is 0 Å². The summed E-state index contributed by atoms with van der Waals surface area (Å²) in [5.74, 6) is -0.133. The molecule has 1 aromatic carbocycles. The monoisotopic (exact) mass is 240 g/mol. The lowest BCUT2D eigenvalue weighted by Crippen LogP contribution is -2.36. The van der Waals surface area contributed by atoms with Crippen LogP contribution in [0, 0.1) is 0 Å². The second-order valence-electron chi connectivity index (χ2n) is 3.52. The molecule has 0 aliphatic heterocycles. The number of carbonyl (C=O) groups is 1. The fourth-order valence-corrected chi connectivity index (χ4v) is 1.99. The van der Waals surface area contributed by atoms with Gasteiger partial charge in [0.2, 0.25) is 5.91 Å². The van der Waals surface area contributed by atoms with Gasteiger partial charge in [-0.3, -0.25) is 4.79 Å². The Labute approximate surface area is 97.0 Å². The van der Waals surface area contributed by atoms with Gasteiger partial charge in [-0.1, -0.05) is 39.4 Å². The van der Waals surface area contributed by atoms with Crippen LogP contribution in [-0.4, -0.2) is 11.9 Å². The van der Waals surface area contributed by atoms with Crippen LogP contribution < -0.4 is 10.2 Å². The van der Waals surface area contributed by atoms with Crippen LogP contribution in [-0.2, 0) is 9.32 Å². The zero-order valence-corrected chi connectivity index (χ0v) is 10.3. The maximum atomic E-state index is 11.0. The van der Waals surface area contributed by atoms with Crippen molar-refractivity contribution in [2.45, 2.75) is 26.0 Å². The van der Waals surface area contributed by atoms with Crippen LogP contribution in [0.2, 0.25) is 0 Å². The van der Waals surface area contributed by atoms with Crippen molar-refractivity contribution in [3.63, 3.8) is 0 Å². The number of benzene rings is 1. The van der Waals surface area contributed by atoms with E-state index in [9.17, 15) is 9.69 Å². The maximum Gasteiger partial charge on any atom is 0.217 e. The lowest BCUT2D eigenvalue weighted by molar-refractivity contribution is -0.174. The lowest BCUT2D eigenvalue weighted by atomic mass is 10.0. The van der Waals surface area contributed by atoms with E-state index in [0.717, 1.165) is 5.56 Å². The summed E-state index contributed by atoms with van der Waals surface area (Å²) in [6.45, 7) is 3.26. The Hall–Kier alpha value is -0.960. The number of rotatable bonds is 5. The molecule has 0 aromatic heterocycles. The Balaban J connectivity index is 2.78. The minimum Gasteiger partial charge on any atom is -0.810 e. The van der Waals surface area contributed by atoms with Gasteiger partial charge >= 0.3 is 0 Å². The van der Waals surface area contributed by atoms with Gasteiger partial charge in [0.15, 0.2) is 0 Å². The maximum absolute atomic E-state index is 11.0. The van der Waals surface area contributed by atoms with Crippen molar-refractivity contribution in [2.75, 3.05) is 0 Å². The van der Waals surface area contributed by atoms with Gasteiger partial charge in [-0.25, -0.2) is 0 Å². The van der Waals surface area contributed by atoms with Gasteiger partial charge in [0.1, 0.15) is 6.10 Å². The molecule has 1 amide bonds.